The van der Waals surface area contributed by atoms with E-state index < -0.39 is 0 Å². The fraction of sp³-hybridized carbons (Fsp3) is 0.214. The van der Waals surface area contributed by atoms with Gasteiger partial charge in [-0.25, -0.2) is 4.98 Å². The summed E-state index contributed by atoms with van der Waals surface area (Å²) in [6.45, 7) is 0.438. The summed E-state index contributed by atoms with van der Waals surface area (Å²) in [7, 11) is 1.64. The molecule has 0 aliphatic rings. The van der Waals surface area contributed by atoms with E-state index in [4.69, 9.17) is 4.74 Å². The molecule has 0 N–H and O–H groups in total. The van der Waals surface area contributed by atoms with Gasteiger partial charge in [-0.05, 0) is 17.5 Å². The summed E-state index contributed by atoms with van der Waals surface area (Å²) < 4.78 is 7.04. The fourth-order valence-corrected chi connectivity index (χ4v) is 2.86. The first-order chi connectivity index (χ1) is 9.79. The van der Waals surface area contributed by atoms with E-state index in [2.05, 4.69) is 9.97 Å². The lowest BCUT2D eigenvalue weighted by molar-refractivity contribution is 0.0897. The average molecular weight is 287 g/mol. The van der Waals surface area contributed by atoms with Crippen LogP contribution in [0.1, 0.15) is 11.0 Å². The second kappa shape index (κ2) is 5.52. The van der Waals surface area contributed by atoms with Crippen LogP contribution < -0.4 is 5.56 Å². The fourth-order valence-electron chi connectivity index (χ4n) is 2.07. The highest BCUT2D eigenvalue weighted by Crippen LogP contribution is 2.23. The molecule has 0 amide bonds. The van der Waals surface area contributed by atoms with Crippen molar-refractivity contribution < 1.29 is 4.74 Å². The van der Waals surface area contributed by atoms with Crippen molar-refractivity contribution in [2.24, 2.45) is 0 Å². The summed E-state index contributed by atoms with van der Waals surface area (Å²) in [4.78, 5) is 21.7. The van der Waals surface area contributed by atoms with Crippen LogP contribution in [0.15, 0.2) is 47.1 Å². The second-order valence-electron chi connectivity index (χ2n) is 4.33. The SMILES string of the molecule is CO[C@@H](Cn1cnc2ccncc2c1=O)c1cccs1. The summed E-state index contributed by atoms with van der Waals surface area (Å²) in [5.41, 5.74) is 0.563. The van der Waals surface area contributed by atoms with E-state index in [-0.39, 0.29) is 11.7 Å². The number of methoxy groups -OCH3 is 1. The Balaban J connectivity index is 1.98. The van der Waals surface area contributed by atoms with Gasteiger partial charge in [-0.15, -0.1) is 11.3 Å². The van der Waals surface area contributed by atoms with E-state index >= 15 is 0 Å². The molecule has 3 aromatic heterocycles. The smallest absolute Gasteiger partial charge is 0.262 e. The molecule has 0 radical (unpaired) electrons. The molecule has 5 nitrogen and oxygen atoms in total. The summed E-state index contributed by atoms with van der Waals surface area (Å²) in [6.07, 6.45) is 4.59. The molecule has 0 aliphatic heterocycles. The van der Waals surface area contributed by atoms with Gasteiger partial charge in [0, 0.05) is 24.4 Å². The Labute approximate surface area is 119 Å². The first-order valence-electron chi connectivity index (χ1n) is 6.15. The van der Waals surface area contributed by atoms with Crippen molar-refractivity contribution in [1.82, 2.24) is 14.5 Å². The van der Waals surface area contributed by atoms with E-state index in [1.54, 1.807) is 47.8 Å². The highest BCUT2D eigenvalue weighted by Gasteiger charge is 2.14. The first-order valence-corrected chi connectivity index (χ1v) is 7.03. The first kappa shape index (κ1) is 13.0. The molecule has 3 aromatic rings. The van der Waals surface area contributed by atoms with Crippen LogP contribution in [0.4, 0.5) is 0 Å². The zero-order chi connectivity index (χ0) is 13.9. The van der Waals surface area contributed by atoms with Gasteiger partial charge in [0.05, 0.1) is 23.8 Å². The van der Waals surface area contributed by atoms with E-state index in [9.17, 15) is 4.79 Å². The minimum Gasteiger partial charge on any atom is -0.374 e. The van der Waals surface area contributed by atoms with Gasteiger partial charge in [0.15, 0.2) is 0 Å². The predicted octanol–water partition coefficient (Wildman–Crippen LogP) is 2.24. The standard InChI is InChI=1S/C14H13N3O2S/c1-19-12(13-3-2-6-20-13)8-17-9-16-11-4-5-15-7-10(11)14(17)18/h2-7,9,12H,8H2,1H3/t12-/m0/s1. The highest BCUT2D eigenvalue weighted by molar-refractivity contribution is 7.10. The van der Waals surface area contributed by atoms with Crippen molar-refractivity contribution in [2.75, 3.05) is 7.11 Å². The van der Waals surface area contributed by atoms with Crippen LogP contribution in [0.2, 0.25) is 0 Å². The molecule has 0 bridgehead atoms. The largest absolute Gasteiger partial charge is 0.374 e. The normalized spacial score (nSPS) is 12.7. The van der Waals surface area contributed by atoms with Gasteiger partial charge in [0.25, 0.3) is 5.56 Å². The van der Waals surface area contributed by atoms with Gasteiger partial charge >= 0.3 is 0 Å². The lowest BCUT2D eigenvalue weighted by Gasteiger charge is -2.15. The molecule has 102 valence electrons. The van der Waals surface area contributed by atoms with Crippen molar-refractivity contribution in [3.05, 3.63) is 57.5 Å². The number of thiophene rings is 1. The third-order valence-electron chi connectivity index (χ3n) is 3.13. The van der Waals surface area contributed by atoms with Crippen molar-refractivity contribution in [1.29, 1.82) is 0 Å². The summed E-state index contributed by atoms with van der Waals surface area (Å²) in [6, 6.07) is 5.70. The molecule has 0 spiro atoms. The van der Waals surface area contributed by atoms with Gasteiger partial charge in [-0.3, -0.25) is 14.3 Å². The molecule has 0 saturated heterocycles. The zero-order valence-corrected chi connectivity index (χ0v) is 11.7. The average Bonchev–Trinajstić information content (AvgIpc) is 3.01. The molecule has 0 aromatic carbocycles. The number of aromatic nitrogens is 3. The highest BCUT2D eigenvalue weighted by atomic mass is 32.1. The molecule has 3 heterocycles. The molecule has 1 atom stereocenters. The maximum Gasteiger partial charge on any atom is 0.262 e. The number of hydrogen-bond acceptors (Lipinski definition) is 5. The van der Waals surface area contributed by atoms with Crippen molar-refractivity contribution in [3.8, 4) is 0 Å². The van der Waals surface area contributed by atoms with E-state index in [1.807, 2.05) is 17.5 Å². The van der Waals surface area contributed by atoms with Gasteiger partial charge in [-0.2, -0.15) is 0 Å². The van der Waals surface area contributed by atoms with Crippen LogP contribution in [0, 0.1) is 0 Å². The van der Waals surface area contributed by atoms with Crippen molar-refractivity contribution in [2.45, 2.75) is 12.6 Å². The van der Waals surface area contributed by atoms with Crippen LogP contribution in [0.25, 0.3) is 10.9 Å². The number of ether oxygens (including phenoxy) is 1. The Bertz CT molecular complexity index is 767. The molecular weight excluding hydrogens is 274 g/mol. The zero-order valence-electron chi connectivity index (χ0n) is 10.9. The van der Waals surface area contributed by atoms with Gasteiger partial charge < -0.3 is 4.74 Å². The predicted molar refractivity (Wildman–Crippen MR) is 77.9 cm³/mol. The van der Waals surface area contributed by atoms with Crippen molar-refractivity contribution >= 4 is 22.2 Å². The Morgan fingerprint density at radius 3 is 3.10 bits per heavy atom. The minimum atomic E-state index is -0.149. The lowest BCUT2D eigenvalue weighted by atomic mass is 10.2. The molecule has 3 rings (SSSR count). The maximum atomic E-state index is 12.4. The Morgan fingerprint density at radius 1 is 1.45 bits per heavy atom. The molecular formula is C14H13N3O2S. The molecule has 0 aliphatic carbocycles. The van der Waals surface area contributed by atoms with Crippen LogP contribution in [0.5, 0.6) is 0 Å². The van der Waals surface area contributed by atoms with Gasteiger partial charge in [0.1, 0.15) is 6.10 Å². The Kier molecular flexibility index (Phi) is 3.58. The maximum absolute atomic E-state index is 12.4. The third kappa shape index (κ3) is 2.35. The second-order valence-corrected chi connectivity index (χ2v) is 5.31. The van der Waals surface area contributed by atoms with Crippen LogP contribution in [-0.2, 0) is 11.3 Å². The summed E-state index contributed by atoms with van der Waals surface area (Å²) in [5.74, 6) is 0. The van der Waals surface area contributed by atoms with Crippen molar-refractivity contribution in [3.63, 3.8) is 0 Å². The van der Waals surface area contributed by atoms with Gasteiger partial charge in [-0.1, -0.05) is 6.07 Å². The molecule has 6 heteroatoms. The monoisotopic (exact) mass is 287 g/mol. The quantitative estimate of drug-likeness (QED) is 0.738. The Morgan fingerprint density at radius 2 is 2.35 bits per heavy atom. The summed E-state index contributed by atoms with van der Waals surface area (Å²) in [5, 5.41) is 2.52. The number of pyridine rings is 1. The van der Waals surface area contributed by atoms with Crippen LogP contribution >= 0.6 is 11.3 Å². The lowest BCUT2D eigenvalue weighted by Crippen LogP contribution is -2.24. The minimum absolute atomic E-state index is 0.0956. The number of nitrogens with zero attached hydrogens (tertiary/aromatic N) is 3. The topological polar surface area (TPSA) is 57.0 Å². The van der Waals surface area contributed by atoms with E-state index in [1.165, 1.54) is 0 Å². The molecule has 0 unspecified atom stereocenters. The molecule has 20 heavy (non-hydrogen) atoms. The van der Waals surface area contributed by atoms with Crippen LogP contribution in [0.3, 0.4) is 0 Å². The third-order valence-corrected chi connectivity index (χ3v) is 4.10. The molecule has 0 fully saturated rings. The number of fused-ring (bicyclic) bond motifs is 1. The number of rotatable bonds is 4. The van der Waals surface area contributed by atoms with E-state index in [0.29, 0.717) is 17.4 Å². The Hall–Kier alpha value is -2.05. The van der Waals surface area contributed by atoms with E-state index in [0.717, 1.165) is 4.88 Å². The molecule has 0 saturated carbocycles. The summed E-state index contributed by atoms with van der Waals surface area (Å²) >= 11 is 1.61. The number of hydrogen-bond donors (Lipinski definition) is 0. The van der Waals surface area contributed by atoms with Gasteiger partial charge in [0.2, 0.25) is 0 Å². The van der Waals surface area contributed by atoms with Crippen LogP contribution in [-0.4, -0.2) is 21.6 Å².